The number of carbonyl (C=O) groups excluding carboxylic acids is 1. The van der Waals surface area contributed by atoms with Crippen LogP contribution in [0.4, 0.5) is 19.6 Å². The van der Waals surface area contributed by atoms with Gasteiger partial charge in [0.1, 0.15) is 17.4 Å². The number of halogens is 2. The van der Waals surface area contributed by atoms with Crippen molar-refractivity contribution >= 4 is 21.9 Å². The molecule has 1 atom stereocenters. The lowest BCUT2D eigenvalue weighted by Gasteiger charge is -2.13. The van der Waals surface area contributed by atoms with Gasteiger partial charge in [-0.1, -0.05) is 18.1 Å². The highest BCUT2D eigenvalue weighted by Gasteiger charge is 2.16. The Morgan fingerprint density at radius 3 is 2.72 bits per heavy atom. The summed E-state index contributed by atoms with van der Waals surface area (Å²) in [4.78, 5) is 15.5. The number of carbonyl (C=O) groups is 1. The highest BCUT2D eigenvalue weighted by Crippen LogP contribution is 2.19. The maximum absolute atomic E-state index is 13.7. The molecule has 8 nitrogen and oxygen atoms in total. The average Bonchev–Trinajstić information content (AvgIpc) is 2.89. The first kappa shape index (κ1) is 18.8. The number of anilines is 1. The van der Waals surface area contributed by atoms with Crippen LogP contribution in [0.25, 0.3) is 0 Å². The van der Waals surface area contributed by atoms with Crippen LogP contribution in [0.1, 0.15) is 24.2 Å². The number of hydrogen-bond donors (Lipinski definition) is 2. The summed E-state index contributed by atoms with van der Waals surface area (Å²) >= 11 is 0. The monoisotopic (exact) mass is 374 g/mol. The summed E-state index contributed by atoms with van der Waals surface area (Å²) in [5.41, 5.74) is 0.259. The molecular formula is C14H16F2N4O4S. The van der Waals surface area contributed by atoms with Crippen molar-refractivity contribution < 1.29 is 26.5 Å². The van der Waals surface area contributed by atoms with Crippen LogP contribution in [-0.2, 0) is 15.6 Å². The number of amides is 2. The molecule has 136 valence electrons. The molecule has 2 aromatic rings. The highest BCUT2D eigenvalue weighted by atomic mass is 32.2. The van der Waals surface area contributed by atoms with Gasteiger partial charge in [0, 0.05) is 24.8 Å². The molecular weight excluding hydrogens is 358 g/mol. The first-order valence-electron chi connectivity index (χ1n) is 7.14. The molecule has 0 saturated carbocycles. The first-order valence-corrected chi connectivity index (χ1v) is 9.20. The molecule has 1 unspecified atom stereocenters. The van der Waals surface area contributed by atoms with Crippen LogP contribution in [0.2, 0.25) is 0 Å². The van der Waals surface area contributed by atoms with Gasteiger partial charge < -0.3 is 9.84 Å². The second-order valence-corrected chi connectivity index (χ2v) is 7.63. The molecule has 1 aromatic heterocycles. The maximum atomic E-state index is 13.7. The minimum atomic E-state index is -3.33. The van der Waals surface area contributed by atoms with Gasteiger partial charge in [-0.25, -0.2) is 22.0 Å². The minimum absolute atomic E-state index is 0.0682. The largest absolute Gasteiger partial charge is 0.337 e. The van der Waals surface area contributed by atoms with Crippen LogP contribution in [0.15, 0.2) is 22.7 Å². The fourth-order valence-corrected chi connectivity index (χ4v) is 2.58. The van der Waals surface area contributed by atoms with Crippen molar-refractivity contribution in [2.24, 2.45) is 0 Å². The second-order valence-electron chi connectivity index (χ2n) is 5.49. The Morgan fingerprint density at radius 2 is 2.08 bits per heavy atom. The van der Waals surface area contributed by atoms with Gasteiger partial charge in [0.25, 0.3) is 0 Å². The molecule has 2 rings (SSSR count). The SMILES string of the molecule is CC(CNC(=O)Nc1nc(CS(C)(=O)=O)no1)c1ccc(F)cc1F. The van der Waals surface area contributed by atoms with Crippen molar-refractivity contribution in [3.05, 3.63) is 41.2 Å². The molecule has 0 aliphatic heterocycles. The van der Waals surface area contributed by atoms with E-state index in [0.29, 0.717) is 0 Å². The van der Waals surface area contributed by atoms with Gasteiger partial charge in [-0.15, -0.1) is 0 Å². The molecule has 25 heavy (non-hydrogen) atoms. The smallest absolute Gasteiger partial charge is 0.329 e. The normalized spacial score (nSPS) is 12.6. The molecule has 2 amide bonds. The lowest BCUT2D eigenvalue weighted by Crippen LogP contribution is -2.32. The Kier molecular flexibility index (Phi) is 5.67. The zero-order valence-corrected chi connectivity index (χ0v) is 14.2. The molecule has 0 spiro atoms. The van der Waals surface area contributed by atoms with E-state index in [1.165, 1.54) is 6.07 Å². The molecule has 0 saturated heterocycles. The number of sulfone groups is 1. The molecule has 2 N–H and O–H groups in total. The van der Waals surface area contributed by atoms with Crippen LogP contribution in [0.5, 0.6) is 0 Å². The highest BCUT2D eigenvalue weighted by molar-refractivity contribution is 7.89. The van der Waals surface area contributed by atoms with Crippen molar-refractivity contribution in [1.29, 1.82) is 0 Å². The lowest BCUT2D eigenvalue weighted by atomic mass is 10.0. The van der Waals surface area contributed by atoms with Crippen LogP contribution in [0, 0.1) is 11.6 Å². The Labute approximate surface area is 142 Å². The number of aromatic nitrogens is 2. The Balaban J connectivity index is 1.88. The molecule has 0 radical (unpaired) electrons. The van der Waals surface area contributed by atoms with Crippen molar-refractivity contribution in [3.8, 4) is 0 Å². The first-order chi connectivity index (χ1) is 11.6. The summed E-state index contributed by atoms with van der Waals surface area (Å²) in [6.45, 7) is 1.73. The third-order valence-corrected chi connectivity index (χ3v) is 3.92. The Bertz CT molecular complexity index is 869. The molecule has 11 heteroatoms. The Morgan fingerprint density at radius 1 is 1.36 bits per heavy atom. The maximum Gasteiger partial charge on any atom is 0.329 e. The van der Waals surface area contributed by atoms with Gasteiger partial charge in [0.15, 0.2) is 15.7 Å². The van der Waals surface area contributed by atoms with Crippen molar-refractivity contribution in [3.63, 3.8) is 0 Å². The van der Waals surface area contributed by atoms with Gasteiger partial charge in [0.2, 0.25) is 0 Å². The van der Waals surface area contributed by atoms with Gasteiger partial charge in [0.05, 0.1) is 0 Å². The summed E-state index contributed by atoms with van der Waals surface area (Å²) < 4.78 is 53.5. The molecule has 0 fully saturated rings. The van der Waals surface area contributed by atoms with E-state index in [4.69, 9.17) is 4.52 Å². The lowest BCUT2D eigenvalue weighted by molar-refractivity contribution is 0.250. The summed E-state index contributed by atoms with van der Waals surface area (Å²) in [7, 11) is -3.33. The molecule has 0 aliphatic rings. The third kappa shape index (κ3) is 5.78. The fourth-order valence-electron chi connectivity index (χ4n) is 2.00. The van der Waals surface area contributed by atoms with Crippen LogP contribution < -0.4 is 10.6 Å². The van der Waals surface area contributed by atoms with Gasteiger partial charge >= 0.3 is 12.0 Å². The van der Waals surface area contributed by atoms with Gasteiger partial charge in [-0.2, -0.15) is 4.98 Å². The van der Waals surface area contributed by atoms with E-state index >= 15 is 0 Å². The second kappa shape index (κ2) is 7.55. The zero-order valence-electron chi connectivity index (χ0n) is 13.4. The standard InChI is InChI=1S/C14H16F2N4O4S/c1-8(10-4-3-9(15)5-11(10)16)6-17-13(21)19-14-18-12(20-24-14)7-25(2,22)23/h3-5,8H,6-7H2,1-2H3,(H2,17,18,19,20,21). The van der Waals surface area contributed by atoms with Crippen LogP contribution in [0.3, 0.4) is 0 Å². The van der Waals surface area contributed by atoms with E-state index in [0.717, 1.165) is 18.4 Å². The number of nitrogens with one attached hydrogen (secondary N) is 2. The number of hydrogen-bond acceptors (Lipinski definition) is 6. The minimum Gasteiger partial charge on any atom is -0.337 e. The average molecular weight is 374 g/mol. The summed E-state index contributed by atoms with van der Waals surface area (Å²) in [6.07, 6.45) is 1.01. The zero-order chi connectivity index (χ0) is 18.6. The predicted octanol–water partition coefficient (Wildman–Crippen LogP) is 1.82. The van der Waals surface area contributed by atoms with E-state index in [1.54, 1.807) is 6.92 Å². The molecule has 0 aliphatic carbocycles. The summed E-state index contributed by atoms with van der Waals surface area (Å²) in [5, 5.41) is 8.14. The Hall–Kier alpha value is -2.56. The van der Waals surface area contributed by atoms with Crippen molar-refractivity contribution in [1.82, 2.24) is 15.5 Å². The predicted molar refractivity (Wildman–Crippen MR) is 84.6 cm³/mol. The number of nitrogens with zero attached hydrogens (tertiary/aromatic N) is 2. The van der Waals surface area contributed by atoms with E-state index < -0.39 is 39.2 Å². The number of benzene rings is 1. The summed E-state index contributed by atoms with van der Waals surface area (Å²) in [5.74, 6) is -2.28. The summed E-state index contributed by atoms with van der Waals surface area (Å²) in [6, 6.07) is 2.26. The van der Waals surface area contributed by atoms with Gasteiger partial charge in [-0.05, 0) is 11.6 Å². The molecule has 1 heterocycles. The quantitative estimate of drug-likeness (QED) is 0.797. The molecule has 0 bridgehead atoms. The van der Waals surface area contributed by atoms with Crippen LogP contribution in [-0.4, -0.2) is 37.4 Å². The molecule has 1 aromatic carbocycles. The van der Waals surface area contributed by atoms with Gasteiger partial charge in [-0.3, -0.25) is 5.32 Å². The topological polar surface area (TPSA) is 114 Å². The van der Waals surface area contributed by atoms with E-state index in [9.17, 15) is 22.0 Å². The fraction of sp³-hybridized carbons (Fsp3) is 0.357. The van der Waals surface area contributed by atoms with Crippen molar-refractivity contribution in [2.45, 2.75) is 18.6 Å². The van der Waals surface area contributed by atoms with Crippen molar-refractivity contribution in [2.75, 3.05) is 18.1 Å². The number of rotatable bonds is 6. The van der Waals surface area contributed by atoms with E-state index in [-0.39, 0.29) is 23.9 Å². The number of urea groups is 1. The van der Waals surface area contributed by atoms with Crippen LogP contribution >= 0.6 is 0 Å². The third-order valence-electron chi connectivity index (χ3n) is 3.14. The van der Waals surface area contributed by atoms with E-state index in [2.05, 4.69) is 20.8 Å². The van der Waals surface area contributed by atoms with E-state index in [1.807, 2.05) is 0 Å².